The van der Waals surface area contributed by atoms with Gasteiger partial charge in [-0.3, -0.25) is 4.79 Å². The van der Waals surface area contributed by atoms with Gasteiger partial charge in [0, 0.05) is 6.42 Å². The summed E-state index contributed by atoms with van der Waals surface area (Å²) in [6.45, 7) is 1.78. The summed E-state index contributed by atoms with van der Waals surface area (Å²) in [5.74, 6) is -0.278. The SMILES string of the molecule is CCCCCCCCCCCCCCC(=O)OCC(O)CO.P. The Labute approximate surface area is 146 Å². The minimum absolute atomic E-state index is 0. The lowest BCUT2D eigenvalue weighted by Gasteiger charge is -2.08. The summed E-state index contributed by atoms with van der Waals surface area (Å²) in [6, 6.07) is 0. The van der Waals surface area contributed by atoms with Gasteiger partial charge in [-0.25, -0.2) is 0 Å². The molecule has 0 rings (SSSR count). The molecule has 140 valence electrons. The van der Waals surface area contributed by atoms with E-state index in [1.54, 1.807) is 0 Å². The largest absolute Gasteiger partial charge is 0.463 e. The monoisotopic (exact) mass is 350 g/mol. The highest BCUT2D eigenvalue weighted by atomic mass is 31.0. The number of carbonyl (C=O) groups is 1. The first-order valence-electron chi connectivity index (χ1n) is 9.15. The summed E-state index contributed by atoms with van der Waals surface area (Å²) in [7, 11) is 0. The van der Waals surface area contributed by atoms with Crippen LogP contribution in [-0.2, 0) is 9.53 Å². The number of hydrogen-bond donors (Lipinski definition) is 2. The highest BCUT2D eigenvalue weighted by molar-refractivity contribution is 6.92. The second-order valence-corrected chi connectivity index (χ2v) is 6.16. The van der Waals surface area contributed by atoms with Gasteiger partial charge in [-0.05, 0) is 6.42 Å². The topological polar surface area (TPSA) is 66.8 Å². The van der Waals surface area contributed by atoms with Crippen LogP contribution in [0, 0.1) is 0 Å². The summed E-state index contributed by atoms with van der Waals surface area (Å²) in [4.78, 5) is 11.3. The molecule has 0 saturated carbocycles. The molecule has 5 heteroatoms. The number of carbonyl (C=O) groups excluding carboxylic acids is 1. The van der Waals surface area contributed by atoms with Crippen molar-refractivity contribution in [1.29, 1.82) is 0 Å². The average molecular weight is 350 g/mol. The molecule has 0 amide bonds. The predicted molar refractivity (Wildman–Crippen MR) is 101 cm³/mol. The highest BCUT2D eigenvalue weighted by Crippen LogP contribution is 2.12. The Kier molecular flexibility index (Phi) is 21.6. The Morgan fingerprint density at radius 2 is 1.30 bits per heavy atom. The summed E-state index contributed by atoms with van der Waals surface area (Å²) in [6.07, 6.45) is 14.7. The molecule has 0 aliphatic carbocycles. The van der Waals surface area contributed by atoms with Crippen molar-refractivity contribution in [2.24, 2.45) is 0 Å². The van der Waals surface area contributed by atoms with Gasteiger partial charge < -0.3 is 14.9 Å². The van der Waals surface area contributed by atoms with Crippen molar-refractivity contribution in [3.8, 4) is 0 Å². The molecule has 23 heavy (non-hydrogen) atoms. The standard InChI is InChI=1S/C18H36O4.H3P/c1-2-3-4-5-6-7-8-9-10-11-12-13-14-18(21)22-16-17(20)15-19;/h17,19-20H,2-16H2,1H3;1H3. The van der Waals surface area contributed by atoms with Gasteiger partial charge in [0.25, 0.3) is 0 Å². The fourth-order valence-electron chi connectivity index (χ4n) is 2.42. The molecule has 2 unspecified atom stereocenters. The van der Waals surface area contributed by atoms with E-state index in [1.165, 1.54) is 64.2 Å². The van der Waals surface area contributed by atoms with E-state index in [0.29, 0.717) is 6.42 Å². The molecule has 0 radical (unpaired) electrons. The second-order valence-electron chi connectivity index (χ2n) is 6.16. The molecular formula is C18H39O4P. The van der Waals surface area contributed by atoms with E-state index in [4.69, 9.17) is 14.9 Å². The minimum Gasteiger partial charge on any atom is -0.463 e. The molecule has 0 saturated heterocycles. The third-order valence-corrected chi connectivity index (χ3v) is 3.88. The van der Waals surface area contributed by atoms with Crippen LogP contribution >= 0.6 is 9.90 Å². The van der Waals surface area contributed by atoms with Crippen LogP contribution in [0.3, 0.4) is 0 Å². The van der Waals surface area contributed by atoms with Crippen LogP contribution in [0.15, 0.2) is 0 Å². The van der Waals surface area contributed by atoms with Crippen LogP contribution < -0.4 is 0 Å². The van der Waals surface area contributed by atoms with Crippen LogP contribution in [0.2, 0.25) is 0 Å². The molecule has 0 bridgehead atoms. The summed E-state index contributed by atoms with van der Waals surface area (Å²) >= 11 is 0. The van der Waals surface area contributed by atoms with E-state index in [9.17, 15) is 4.79 Å². The van der Waals surface area contributed by atoms with Crippen molar-refractivity contribution in [3.63, 3.8) is 0 Å². The Morgan fingerprint density at radius 1 is 0.870 bits per heavy atom. The first-order valence-corrected chi connectivity index (χ1v) is 9.15. The Morgan fingerprint density at radius 3 is 1.74 bits per heavy atom. The summed E-state index contributed by atoms with van der Waals surface area (Å²) in [5, 5.41) is 17.6. The van der Waals surface area contributed by atoms with Crippen molar-refractivity contribution in [3.05, 3.63) is 0 Å². The lowest BCUT2D eigenvalue weighted by atomic mass is 10.0. The van der Waals surface area contributed by atoms with E-state index >= 15 is 0 Å². The van der Waals surface area contributed by atoms with E-state index in [1.807, 2.05) is 0 Å². The molecule has 2 N–H and O–H groups in total. The zero-order chi connectivity index (χ0) is 16.5. The molecule has 4 nitrogen and oxygen atoms in total. The van der Waals surface area contributed by atoms with Gasteiger partial charge in [0.05, 0.1) is 6.61 Å². The number of aliphatic hydroxyl groups excluding tert-OH is 2. The first kappa shape index (κ1) is 25.1. The van der Waals surface area contributed by atoms with E-state index in [0.717, 1.165) is 12.8 Å². The lowest BCUT2D eigenvalue weighted by molar-refractivity contribution is -0.147. The molecule has 2 atom stereocenters. The van der Waals surface area contributed by atoms with Crippen molar-refractivity contribution in [2.45, 2.75) is 96.5 Å². The van der Waals surface area contributed by atoms with Crippen molar-refractivity contribution >= 4 is 15.9 Å². The number of ether oxygens (including phenoxy) is 1. The normalized spacial score (nSPS) is 11.8. The number of aliphatic hydroxyl groups is 2. The molecule has 0 aliphatic heterocycles. The van der Waals surface area contributed by atoms with Gasteiger partial charge >= 0.3 is 5.97 Å². The average Bonchev–Trinajstić information content (AvgIpc) is 2.53. The van der Waals surface area contributed by atoms with Crippen molar-refractivity contribution in [2.75, 3.05) is 13.2 Å². The molecule has 0 aromatic heterocycles. The number of hydrogen-bond acceptors (Lipinski definition) is 4. The maximum atomic E-state index is 11.3. The maximum Gasteiger partial charge on any atom is 0.305 e. The molecule has 0 aromatic carbocycles. The van der Waals surface area contributed by atoms with Gasteiger partial charge in [-0.15, -0.1) is 0 Å². The third-order valence-electron chi connectivity index (χ3n) is 3.88. The quantitative estimate of drug-likeness (QED) is 0.250. The maximum absolute atomic E-state index is 11.3. The minimum atomic E-state index is -0.953. The zero-order valence-corrected chi connectivity index (χ0v) is 16.5. The van der Waals surface area contributed by atoms with Gasteiger partial charge in [0.2, 0.25) is 0 Å². The summed E-state index contributed by atoms with van der Waals surface area (Å²) < 4.78 is 4.85. The van der Waals surface area contributed by atoms with Crippen LogP contribution in [0.1, 0.15) is 90.4 Å². The van der Waals surface area contributed by atoms with Crippen LogP contribution in [0.25, 0.3) is 0 Å². The number of rotatable bonds is 16. The molecule has 0 heterocycles. The van der Waals surface area contributed by atoms with Crippen molar-refractivity contribution < 1.29 is 19.7 Å². The number of unbranched alkanes of at least 4 members (excludes halogenated alkanes) is 11. The molecule has 0 aliphatic rings. The van der Waals surface area contributed by atoms with Crippen LogP contribution in [0.4, 0.5) is 0 Å². The summed E-state index contributed by atoms with van der Waals surface area (Å²) in [5.41, 5.74) is 0. The highest BCUT2D eigenvalue weighted by Gasteiger charge is 2.07. The van der Waals surface area contributed by atoms with Crippen LogP contribution in [0.5, 0.6) is 0 Å². The number of esters is 1. The fraction of sp³-hybridized carbons (Fsp3) is 0.944. The molecule has 0 spiro atoms. The van der Waals surface area contributed by atoms with E-state index in [-0.39, 0.29) is 29.1 Å². The lowest BCUT2D eigenvalue weighted by Crippen LogP contribution is -2.21. The van der Waals surface area contributed by atoms with Gasteiger partial charge in [-0.1, -0.05) is 77.6 Å². The molecule has 0 fully saturated rings. The van der Waals surface area contributed by atoms with Gasteiger partial charge in [0.1, 0.15) is 12.7 Å². The third kappa shape index (κ3) is 19.8. The zero-order valence-electron chi connectivity index (χ0n) is 15.1. The fourth-order valence-corrected chi connectivity index (χ4v) is 2.42. The Balaban J connectivity index is 0. The van der Waals surface area contributed by atoms with E-state index < -0.39 is 6.10 Å². The Hall–Kier alpha value is -0.180. The van der Waals surface area contributed by atoms with E-state index in [2.05, 4.69) is 6.92 Å². The molecule has 0 aromatic rings. The van der Waals surface area contributed by atoms with Gasteiger partial charge in [0.15, 0.2) is 0 Å². The molecular weight excluding hydrogens is 311 g/mol. The smallest absolute Gasteiger partial charge is 0.305 e. The van der Waals surface area contributed by atoms with Gasteiger partial charge in [-0.2, -0.15) is 9.90 Å². The predicted octanol–water partition coefficient (Wildman–Crippen LogP) is 4.03. The Bertz CT molecular complexity index is 249. The van der Waals surface area contributed by atoms with Crippen molar-refractivity contribution in [1.82, 2.24) is 0 Å². The first-order chi connectivity index (χ1) is 10.7. The second kappa shape index (κ2) is 19.9. The van der Waals surface area contributed by atoms with Crippen LogP contribution in [-0.4, -0.2) is 35.5 Å².